The fourth-order valence-corrected chi connectivity index (χ4v) is 2.83. The molecule has 2 nitrogen and oxygen atoms in total. The Morgan fingerprint density at radius 1 is 1.56 bits per heavy atom. The first-order valence-corrected chi connectivity index (χ1v) is 6.88. The fraction of sp³-hybridized carbons (Fsp3) is 0.615. The van der Waals surface area contributed by atoms with Crippen molar-refractivity contribution in [2.45, 2.75) is 44.6 Å². The van der Waals surface area contributed by atoms with Gasteiger partial charge in [-0.3, -0.25) is 4.79 Å². The molecule has 2 rings (SSSR count). The molecule has 1 aromatic rings. The van der Waals surface area contributed by atoms with E-state index in [-0.39, 0.29) is 0 Å². The maximum absolute atomic E-state index is 11.7. The minimum Gasteiger partial charge on any atom is -0.378 e. The lowest BCUT2D eigenvalue weighted by atomic mass is 10.1. The number of ketones is 1. The van der Waals surface area contributed by atoms with Gasteiger partial charge in [-0.1, -0.05) is 6.07 Å². The van der Waals surface area contributed by atoms with Gasteiger partial charge in [0.25, 0.3) is 0 Å². The number of carbonyl (C=O) groups excluding carboxylic acids is 1. The van der Waals surface area contributed by atoms with Crippen LogP contribution in [0.1, 0.15) is 37.0 Å². The van der Waals surface area contributed by atoms with Crippen LogP contribution in [0.25, 0.3) is 0 Å². The molecule has 1 aromatic heterocycles. The average Bonchev–Trinajstić information content (AvgIpc) is 2.90. The van der Waals surface area contributed by atoms with Crippen LogP contribution in [0.2, 0.25) is 0 Å². The molecule has 1 unspecified atom stereocenters. The van der Waals surface area contributed by atoms with Gasteiger partial charge in [-0.25, -0.2) is 0 Å². The molecule has 2 heterocycles. The molecule has 1 fully saturated rings. The summed E-state index contributed by atoms with van der Waals surface area (Å²) in [6.45, 7) is 0.911. The molecule has 0 amide bonds. The third-order valence-electron chi connectivity index (χ3n) is 2.96. The van der Waals surface area contributed by atoms with Crippen LogP contribution in [-0.4, -0.2) is 18.5 Å². The van der Waals surface area contributed by atoms with Crippen molar-refractivity contribution in [2.75, 3.05) is 6.61 Å². The third-order valence-corrected chi connectivity index (χ3v) is 3.83. The molecular formula is C13H18O2S. The normalized spacial score (nSPS) is 20.1. The smallest absolute Gasteiger partial charge is 0.138 e. The Morgan fingerprint density at radius 3 is 3.19 bits per heavy atom. The second-order valence-electron chi connectivity index (χ2n) is 4.32. The zero-order valence-corrected chi connectivity index (χ0v) is 10.3. The second-order valence-corrected chi connectivity index (χ2v) is 5.35. The first-order chi connectivity index (χ1) is 7.84. The summed E-state index contributed by atoms with van der Waals surface area (Å²) in [5, 5.41) is 2.02. The van der Waals surface area contributed by atoms with Crippen molar-refractivity contribution < 1.29 is 9.53 Å². The zero-order valence-electron chi connectivity index (χ0n) is 9.48. The van der Waals surface area contributed by atoms with Gasteiger partial charge in [0.2, 0.25) is 0 Å². The molecule has 0 aromatic carbocycles. The molecule has 0 saturated carbocycles. The van der Waals surface area contributed by atoms with E-state index in [1.165, 1.54) is 17.7 Å². The van der Waals surface area contributed by atoms with Crippen molar-refractivity contribution in [1.29, 1.82) is 0 Å². The van der Waals surface area contributed by atoms with Gasteiger partial charge in [0.1, 0.15) is 5.78 Å². The van der Waals surface area contributed by atoms with Gasteiger partial charge in [-0.05, 0) is 37.1 Å². The number of rotatable bonds is 6. The highest BCUT2D eigenvalue weighted by Crippen LogP contribution is 2.18. The molecule has 1 atom stereocenters. The number of ether oxygens (including phenoxy) is 1. The molecule has 1 aliphatic rings. The Hall–Kier alpha value is -0.670. The number of thiophene rings is 1. The average molecular weight is 238 g/mol. The van der Waals surface area contributed by atoms with Crippen LogP contribution in [0.3, 0.4) is 0 Å². The molecule has 88 valence electrons. The lowest BCUT2D eigenvalue weighted by molar-refractivity contribution is -0.118. The van der Waals surface area contributed by atoms with Gasteiger partial charge >= 0.3 is 0 Å². The lowest BCUT2D eigenvalue weighted by Gasteiger charge is -2.07. The second kappa shape index (κ2) is 6.16. The van der Waals surface area contributed by atoms with Crippen molar-refractivity contribution in [1.82, 2.24) is 0 Å². The van der Waals surface area contributed by atoms with Crippen LogP contribution in [0.5, 0.6) is 0 Å². The predicted octanol–water partition coefficient (Wildman–Crippen LogP) is 3.21. The van der Waals surface area contributed by atoms with Crippen molar-refractivity contribution in [3.63, 3.8) is 0 Å². The Morgan fingerprint density at radius 2 is 2.50 bits per heavy atom. The summed E-state index contributed by atoms with van der Waals surface area (Å²) in [4.78, 5) is 12.8. The van der Waals surface area contributed by atoms with Crippen molar-refractivity contribution in [2.24, 2.45) is 0 Å². The maximum Gasteiger partial charge on any atom is 0.138 e. The van der Waals surface area contributed by atoms with Crippen LogP contribution >= 0.6 is 11.3 Å². The summed E-state index contributed by atoms with van der Waals surface area (Å²) < 4.78 is 5.53. The van der Waals surface area contributed by atoms with E-state index >= 15 is 0 Å². The van der Waals surface area contributed by atoms with E-state index in [9.17, 15) is 4.79 Å². The molecule has 0 aliphatic carbocycles. The molecule has 1 aliphatic heterocycles. The molecular weight excluding hydrogens is 220 g/mol. The number of carbonyl (C=O) groups is 1. The lowest BCUT2D eigenvalue weighted by Crippen LogP contribution is -2.07. The first-order valence-electron chi connectivity index (χ1n) is 6.00. The molecule has 3 heteroatoms. The SMILES string of the molecule is O=C(CCCC1CCCO1)Cc1cccs1. The van der Waals surface area contributed by atoms with Gasteiger partial charge in [0.05, 0.1) is 6.10 Å². The van der Waals surface area contributed by atoms with Crippen LogP contribution in [0.4, 0.5) is 0 Å². The van der Waals surface area contributed by atoms with Gasteiger partial charge in [-0.2, -0.15) is 0 Å². The van der Waals surface area contributed by atoms with Gasteiger partial charge in [-0.15, -0.1) is 11.3 Å². The van der Waals surface area contributed by atoms with E-state index < -0.39 is 0 Å². The fourth-order valence-electron chi connectivity index (χ4n) is 2.09. The van der Waals surface area contributed by atoms with Crippen molar-refractivity contribution in [3.05, 3.63) is 22.4 Å². The largest absolute Gasteiger partial charge is 0.378 e. The summed E-state index contributed by atoms with van der Waals surface area (Å²) in [6.07, 6.45) is 6.15. The highest BCUT2D eigenvalue weighted by molar-refractivity contribution is 7.10. The molecule has 0 N–H and O–H groups in total. The Labute approximate surface area is 101 Å². The van der Waals surface area contributed by atoms with E-state index in [1.807, 2.05) is 17.5 Å². The van der Waals surface area contributed by atoms with Crippen LogP contribution < -0.4 is 0 Å². The molecule has 0 bridgehead atoms. The molecule has 0 radical (unpaired) electrons. The minimum absolute atomic E-state index is 0.362. The number of hydrogen-bond acceptors (Lipinski definition) is 3. The topological polar surface area (TPSA) is 26.3 Å². The van der Waals surface area contributed by atoms with E-state index in [2.05, 4.69) is 0 Å². The summed E-state index contributed by atoms with van der Waals surface area (Å²) in [5.41, 5.74) is 0. The van der Waals surface area contributed by atoms with E-state index in [1.54, 1.807) is 11.3 Å². The van der Waals surface area contributed by atoms with E-state index in [0.717, 1.165) is 19.4 Å². The monoisotopic (exact) mass is 238 g/mol. The molecule has 0 spiro atoms. The van der Waals surface area contributed by atoms with Crippen LogP contribution in [-0.2, 0) is 16.0 Å². The van der Waals surface area contributed by atoms with E-state index in [4.69, 9.17) is 4.74 Å². The quantitative estimate of drug-likeness (QED) is 0.760. The van der Waals surface area contributed by atoms with E-state index in [0.29, 0.717) is 24.7 Å². The summed E-state index contributed by atoms with van der Waals surface area (Å²) >= 11 is 1.66. The van der Waals surface area contributed by atoms with Crippen molar-refractivity contribution in [3.8, 4) is 0 Å². The van der Waals surface area contributed by atoms with Crippen LogP contribution in [0.15, 0.2) is 17.5 Å². The Balaban J connectivity index is 1.60. The highest BCUT2D eigenvalue weighted by atomic mass is 32.1. The predicted molar refractivity (Wildman–Crippen MR) is 65.9 cm³/mol. The Bertz CT molecular complexity index is 313. The highest BCUT2D eigenvalue weighted by Gasteiger charge is 2.15. The summed E-state index contributed by atoms with van der Waals surface area (Å²) in [5.74, 6) is 0.362. The van der Waals surface area contributed by atoms with Crippen LogP contribution in [0, 0.1) is 0 Å². The zero-order chi connectivity index (χ0) is 11.2. The number of hydrogen-bond donors (Lipinski definition) is 0. The first kappa shape index (κ1) is 11.8. The minimum atomic E-state index is 0.362. The molecule has 1 saturated heterocycles. The van der Waals surface area contributed by atoms with Gasteiger partial charge in [0.15, 0.2) is 0 Å². The molecule has 16 heavy (non-hydrogen) atoms. The third kappa shape index (κ3) is 3.72. The standard InChI is InChI=1S/C13H18O2S/c14-11(10-13-7-3-9-16-13)4-1-5-12-6-2-8-15-12/h3,7,9,12H,1-2,4-6,8,10H2. The summed E-state index contributed by atoms with van der Waals surface area (Å²) in [6, 6.07) is 4.03. The Kier molecular flexibility index (Phi) is 4.55. The van der Waals surface area contributed by atoms with Crippen molar-refractivity contribution >= 4 is 17.1 Å². The maximum atomic E-state index is 11.7. The summed E-state index contributed by atoms with van der Waals surface area (Å²) in [7, 11) is 0. The number of Topliss-reactive ketones (excluding diaryl/α,β-unsaturated/α-hetero) is 1. The van der Waals surface area contributed by atoms with Gasteiger partial charge in [0, 0.05) is 24.3 Å². The van der Waals surface area contributed by atoms with Gasteiger partial charge < -0.3 is 4.74 Å².